The van der Waals surface area contributed by atoms with E-state index in [-0.39, 0.29) is 5.56 Å². The summed E-state index contributed by atoms with van der Waals surface area (Å²) in [5.41, 5.74) is 0.00626. The highest BCUT2D eigenvalue weighted by atomic mass is 79.9. The van der Waals surface area contributed by atoms with Crippen molar-refractivity contribution in [3.05, 3.63) is 34.1 Å². The summed E-state index contributed by atoms with van der Waals surface area (Å²) in [7, 11) is -4.34. The van der Waals surface area contributed by atoms with Crippen molar-refractivity contribution in [2.24, 2.45) is 0 Å². The molecule has 0 fully saturated rings. The van der Waals surface area contributed by atoms with Crippen LogP contribution in [0, 0.1) is 5.82 Å². The van der Waals surface area contributed by atoms with Crippen molar-refractivity contribution >= 4 is 26.1 Å². The molecule has 108 valence electrons. The molecule has 1 aromatic rings. The Kier molecular flexibility index (Phi) is 5.30. The van der Waals surface area contributed by atoms with E-state index in [9.17, 15) is 26.0 Å². The summed E-state index contributed by atoms with van der Waals surface area (Å²) < 4.78 is 74.8. The first-order chi connectivity index (χ1) is 8.59. The number of hydrogen-bond acceptors (Lipinski definition) is 2. The van der Waals surface area contributed by atoms with Crippen molar-refractivity contribution in [2.45, 2.75) is 12.7 Å². The quantitative estimate of drug-likeness (QED) is 0.785. The van der Waals surface area contributed by atoms with E-state index in [1.165, 1.54) is 16.9 Å². The summed E-state index contributed by atoms with van der Waals surface area (Å²) >= 11 is 3.07. The lowest BCUT2D eigenvalue weighted by Crippen LogP contribution is -2.41. The third kappa shape index (κ3) is 6.32. The number of alkyl halides is 3. The van der Waals surface area contributed by atoms with Crippen LogP contribution in [0.3, 0.4) is 0 Å². The van der Waals surface area contributed by atoms with E-state index in [2.05, 4.69) is 15.9 Å². The second-order valence-electron chi connectivity index (χ2n) is 3.50. The number of rotatable bonds is 5. The summed E-state index contributed by atoms with van der Waals surface area (Å²) in [5.74, 6) is -0.665. The molecule has 19 heavy (non-hydrogen) atoms. The molecular weight excluding hydrogens is 356 g/mol. The second kappa shape index (κ2) is 6.16. The fourth-order valence-corrected chi connectivity index (χ4v) is 2.29. The molecular formula is C9H9BrF4N2O2S. The Morgan fingerprint density at radius 1 is 1.21 bits per heavy atom. The minimum Gasteiger partial charge on any atom is -0.207 e. The molecule has 0 radical (unpaired) electrons. The molecule has 0 atom stereocenters. The molecule has 0 aliphatic carbocycles. The lowest BCUT2D eigenvalue weighted by Gasteiger charge is -2.10. The van der Waals surface area contributed by atoms with Crippen LogP contribution in [-0.4, -0.2) is 21.1 Å². The van der Waals surface area contributed by atoms with Crippen LogP contribution in [0.2, 0.25) is 0 Å². The molecule has 1 rings (SSSR count). The van der Waals surface area contributed by atoms with Gasteiger partial charge in [-0.25, -0.2) is 4.39 Å². The summed E-state index contributed by atoms with van der Waals surface area (Å²) in [5, 5.41) is 0. The maximum atomic E-state index is 13.3. The lowest BCUT2D eigenvalue weighted by molar-refractivity contribution is -0.121. The van der Waals surface area contributed by atoms with E-state index in [4.69, 9.17) is 0 Å². The molecule has 0 amide bonds. The van der Waals surface area contributed by atoms with Gasteiger partial charge >= 0.3 is 6.18 Å². The van der Waals surface area contributed by atoms with Gasteiger partial charge in [-0.3, -0.25) is 0 Å². The molecule has 2 N–H and O–H groups in total. The van der Waals surface area contributed by atoms with Gasteiger partial charge in [0.15, 0.2) is 0 Å². The fourth-order valence-electron chi connectivity index (χ4n) is 1.08. The smallest absolute Gasteiger partial charge is 0.207 e. The summed E-state index contributed by atoms with van der Waals surface area (Å²) in [6.45, 7) is -2.15. The molecule has 1 aromatic carbocycles. The van der Waals surface area contributed by atoms with Gasteiger partial charge in [0.05, 0.1) is 0 Å². The molecule has 0 aliphatic heterocycles. The molecule has 0 saturated carbocycles. The molecule has 0 spiro atoms. The molecule has 4 nitrogen and oxygen atoms in total. The van der Waals surface area contributed by atoms with E-state index in [0.717, 1.165) is 6.07 Å². The van der Waals surface area contributed by atoms with Gasteiger partial charge in [-0.2, -0.15) is 31.0 Å². The molecule has 0 unspecified atom stereocenters. The average molecular weight is 365 g/mol. The Hall–Kier alpha value is -0.710. The Morgan fingerprint density at radius 2 is 1.84 bits per heavy atom. The van der Waals surface area contributed by atoms with Crippen LogP contribution in [0.15, 0.2) is 22.7 Å². The maximum Gasteiger partial charge on any atom is 0.402 e. The van der Waals surface area contributed by atoms with Crippen LogP contribution in [-0.2, 0) is 16.8 Å². The molecule has 0 aromatic heterocycles. The average Bonchev–Trinajstić information content (AvgIpc) is 2.27. The number of halogens is 5. The predicted molar refractivity (Wildman–Crippen MR) is 63.9 cm³/mol. The third-order valence-corrected chi connectivity index (χ3v) is 3.47. The zero-order valence-electron chi connectivity index (χ0n) is 9.26. The van der Waals surface area contributed by atoms with Gasteiger partial charge in [-0.1, -0.05) is 15.9 Å². The Bertz CT molecular complexity index is 548. The SMILES string of the molecule is O=S(=O)(NCc1cc(Br)ccc1F)NCC(F)(F)F. The summed E-state index contributed by atoms with van der Waals surface area (Å²) in [6, 6.07) is 3.84. The van der Waals surface area contributed by atoms with E-state index in [1.807, 2.05) is 4.72 Å². The van der Waals surface area contributed by atoms with Crippen LogP contribution in [0.5, 0.6) is 0 Å². The van der Waals surface area contributed by atoms with Crippen molar-refractivity contribution in [1.82, 2.24) is 9.44 Å². The fraction of sp³-hybridized carbons (Fsp3) is 0.333. The van der Waals surface area contributed by atoms with E-state index in [0.29, 0.717) is 4.47 Å². The van der Waals surface area contributed by atoms with Crippen LogP contribution in [0.1, 0.15) is 5.56 Å². The largest absolute Gasteiger partial charge is 0.402 e. The topological polar surface area (TPSA) is 58.2 Å². The van der Waals surface area contributed by atoms with E-state index in [1.54, 1.807) is 0 Å². The van der Waals surface area contributed by atoms with Gasteiger partial charge in [0.2, 0.25) is 0 Å². The highest BCUT2D eigenvalue weighted by Gasteiger charge is 2.29. The minimum absolute atomic E-state index is 0.00626. The zero-order chi connectivity index (χ0) is 14.7. The monoisotopic (exact) mass is 364 g/mol. The second-order valence-corrected chi connectivity index (χ2v) is 6.00. The van der Waals surface area contributed by atoms with Crippen molar-refractivity contribution in [3.8, 4) is 0 Å². The van der Waals surface area contributed by atoms with Crippen LogP contribution >= 0.6 is 15.9 Å². The van der Waals surface area contributed by atoms with E-state index < -0.39 is 35.3 Å². The summed E-state index contributed by atoms with van der Waals surface area (Å²) in [4.78, 5) is 0. The van der Waals surface area contributed by atoms with Gasteiger partial charge < -0.3 is 0 Å². The maximum absolute atomic E-state index is 13.3. The molecule has 0 saturated heterocycles. The zero-order valence-corrected chi connectivity index (χ0v) is 11.7. The predicted octanol–water partition coefficient (Wildman–Crippen LogP) is 2.07. The highest BCUT2D eigenvalue weighted by molar-refractivity contribution is 9.10. The Balaban J connectivity index is 2.63. The van der Waals surface area contributed by atoms with E-state index >= 15 is 0 Å². The first-order valence-corrected chi connectivity index (χ1v) is 7.11. The van der Waals surface area contributed by atoms with Crippen LogP contribution in [0.4, 0.5) is 17.6 Å². The third-order valence-electron chi connectivity index (χ3n) is 1.92. The van der Waals surface area contributed by atoms with Crippen molar-refractivity contribution in [3.63, 3.8) is 0 Å². The first kappa shape index (κ1) is 16.3. The van der Waals surface area contributed by atoms with Crippen LogP contribution < -0.4 is 9.44 Å². The van der Waals surface area contributed by atoms with Gasteiger partial charge in [-0.05, 0) is 18.2 Å². The Labute approximate surface area is 115 Å². The Morgan fingerprint density at radius 3 is 2.42 bits per heavy atom. The number of hydrogen-bond donors (Lipinski definition) is 2. The van der Waals surface area contributed by atoms with Gasteiger partial charge in [-0.15, -0.1) is 0 Å². The van der Waals surface area contributed by atoms with Gasteiger partial charge in [0.1, 0.15) is 12.4 Å². The molecule has 0 aliphatic rings. The summed E-state index contributed by atoms with van der Waals surface area (Å²) in [6.07, 6.45) is -4.66. The van der Waals surface area contributed by atoms with Crippen molar-refractivity contribution in [1.29, 1.82) is 0 Å². The van der Waals surface area contributed by atoms with Gasteiger partial charge in [0.25, 0.3) is 10.2 Å². The molecule has 10 heteroatoms. The minimum atomic E-state index is -4.66. The molecule has 0 bridgehead atoms. The molecule has 0 heterocycles. The lowest BCUT2D eigenvalue weighted by atomic mass is 10.2. The standard InChI is InChI=1S/C9H9BrF4N2O2S/c10-7-1-2-8(11)6(3-7)4-15-19(17,18)16-5-9(12,13)14/h1-3,15-16H,4-5H2. The number of nitrogens with one attached hydrogen (secondary N) is 2. The first-order valence-electron chi connectivity index (χ1n) is 4.84. The van der Waals surface area contributed by atoms with Gasteiger partial charge in [0, 0.05) is 16.6 Å². The van der Waals surface area contributed by atoms with Crippen molar-refractivity contribution < 1.29 is 26.0 Å². The highest BCUT2D eigenvalue weighted by Crippen LogP contribution is 2.16. The number of benzene rings is 1. The van der Waals surface area contributed by atoms with Crippen LogP contribution in [0.25, 0.3) is 0 Å². The van der Waals surface area contributed by atoms with Crippen molar-refractivity contribution in [2.75, 3.05) is 6.54 Å². The normalized spacial score (nSPS) is 12.7.